The second kappa shape index (κ2) is 5.33. The molecule has 0 amide bonds. The van der Waals surface area contributed by atoms with Gasteiger partial charge < -0.3 is 5.11 Å². The predicted octanol–water partition coefficient (Wildman–Crippen LogP) is -1.05. The highest BCUT2D eigenvalue weighted by Gasteiger charge is 2.21. The number of nitrogens with two attached hydrogens (primary N) is 1. The van der Waals surface area contributed by atoms with E-state index in [0.29, 0.717) is 0 Å². The van der Waals surface area contributed by atoms with Gasteiger partial charge in [0, 0.05) is 13.6 Å². The van der Waals surface area contributed by atoms with Gasteiger partial charge in [-0.15, -0.1) is 0 Å². The van der Waals surface area contributed by atoms with Gasteiger partial charge in [0.25, 0.3) is 0 Å². The van der Waals surface area contributed by atoms with Gasteiger partial charge in [0.1, 0.15) is 0 Å². The SMILES string of the molecule is CN(CCO)S(=O)(=O)c1cccc(S(N)(=O)=O)c1. The van der Waals surface area contributed by atoms with Crippen LogP contribution in [0.3, 0.4) is 0 Å². The molecular formula is C9H14N2O5S2. The lowest BCUT2D eigenvalue weighted by Gasteiger charge is -2.16. The molecule has 0 unspecified atom stereocenters. The zero-order chi connectivity index (χ0) is 14.0. The summed E-state index contributed by atoms with van der Waals surface area (Å²) in [5, 5.41) is 13.6. The van der Waals surface area contributed by atoms with Gasteiger partial charge in [0.15, 0.2) is 0 Å². The Morgan fingerprint density at radius 2 is 1.78 bits per heavy atom. The van der Waals surface area contributed by atoms with Crippen LogP contribution in [0.1, 0.15) is 0 Å². The quantitative estimate of drug-likeness (QED) is 0.718. The number of likely N-dealkylation sites (N-methyl/N-ethyl adjacent to an activating group) is 1. The van der Waals surface area contributed by atoms with Crippen LogP contribution < -0.4 is 5.14 Å². The van der Waals surface area contributed by atoms with E-state index in [4.69, 9.17) is 10.2 Å². The Morgan fingerprint density at radius 1 is 1.22 bits per heavy atom. The second-order valence-electron chi connectivity index (χ2n) is 3.57. The fourth-order valence-corrected chi connectivity index (χ4v) is 3.10. The third-order valence-corrected chi connectivity index (χ3v) is 5.02. The first-order chi connectivity index (χ1) is 8.19. The number of aliphatic hydroxyl groups excluding tert-OH is 1. The van der Waals surface area contributed by atoms with Gasteiger partial charge in [-0.25, -0.2) is 22.0 Å². The van der Waals surface area contributed by atoms with E-state index in [1.807, 2.05) is 0 Å². The van der Waals surface area contributed by atoms with Gasteiger partial charge in [-0.1, -0.05) is 6.07 Å². The van der Waals surface area contributed by atoms with Crippen LogP contribution in [0.15, 0.2) is 34.1 Å². The fourth-order valence-electron chi connectivity index (χ4n) is 1.25. The highest BCUT2D eigenvalue weighted by molar-refractivity contribution is 7.90. The monoisotopic (exact) mass is 294 g/mol. The van der Waals surface area contributed by atoms with Crippen LogP contribution in [-0.4, -0.2) is 46.4 Å². The van der Waals surface area contributed by atoms with Crippen LogP contribution in [0.5, 0.6) is 0 Å². The summed E-state index contributed by atoms with van der Waals surface area (Å²) in [6.07, 6.45) is 0. The number of aliphatic hydroxyl groups is 1. The molecule has 0 spiro atoms. The number of primary sulfonamides is 1. The van der Waals surface area contributed by atoms with E-state index in [1.165, 1.54) is 25.2 Å². The van der Waals surface area contributed by atoms with Gasteiger partial charge in [0.2, 0.25) is 20.0 Å². The van der Waals surface area contributed by atoms with E-state index in [9.17, 15) is 16.8 Å². The molecule has 0 saturated carbocycles. The molecule has 18 heavy (non-hydrogen) atoms. The molecule has 0 saturated heterocycles. The Balaban J connectivity index is 3.27. The Kier molecular flexibility index (Phi) is 4.46. The minimum absolute atomic E-state index is 0.0814. The Hall–Kier alpha value is -1.00. The molecule has 0 aliphatic heterocycles. The zero-order valence-corrected chi connectivity index (χ0v) is 11.3. The number of rotatable bonds is 5. The van der Waals surface area contributed by atoms with Gasteiger partial charge in [0.05, 0.1) is 16.4 Å². The molecule has 3 N–H and O–H groups in total. The summed E-state index contributed by atoms with van der Waals surface area (Å²) in [5.41, 5.74) is 0. The standard InChI is InChI=1S/C9H14N2O5S2/c1-11(5-6-12)18(15,16)9-4-2-3-8(7-9)17(10,13)14/h2-4,7,12H,5-6H2,1H3,(H2,10,13,14). The largest absolute Gasteiger partial charge is 0.395 e. The van der Waals surface area contributed by atoms with Crippen molar-refractivity contribution in [1.29, 1.82) is 0 Å². The fraction of sp³-hybridized carbons (Fsp3) is 0.333. The molecule has 0 radical (unpaired) electrons. The van der Waals surface area contributed by atoms with Crippen molar-refractivity contribution in [3.8, 4) is 0 Å². The Morgan fingerprint density at radius 3 is 2.28 bits per heavy atom. The highest BCUT2D eigenvalue weighted by atomic mass is 32.2. The lowest BCUT2D eigenvalue weighted by atomic mass is 10.4. The zero-order valence-electron chi connectivity index (χ0n) is 9.64. The lowest BCUT2D eigenvalue weighted by molar-refractivity contribution is 0.266. The summed E-state index contributed by atoms with van der Waals surface area (Å²) in [6, 6.07) is 4.75. The molecule has 0 aliphatic rings. The third kappa shape index (κ3) is 3.27. The average molecular weight is 294 g/mol. The molecule has 0 heterocycles. The molecule has 7 nitrogen and oxygen atoms in total. The van der Waals surface area contributed by atoms with E-state index in [0.717, 1.165) is 10.4 Å². The van der Waals surface area contributed by atoms with Crippen LogP contribution in [0.4, 0.5) is 0 Å². The maximum Gasteiger partial charge on any atom is 0.242 e. The summed E-state index contributed by atoms with van der Waals surface area (Å²) in [4.78, 5) is -0.467. The molecule has 0 aliphatic carbocycles. The maximum absolute atomic E-state index is 12.0. The van der Waals surface area contributed by atoms with Gasteiger partial charge in [-0.05, 0) is 18.2 Å². The van der Waals surface area contributed by atoms with Crippen LogP contribution in [0.25, 0.3) is 0 Å². The van der Waals surface area contributed by atoms with Gasteiger partial charge >= 0.3 is 0 Å². The van der Waals surface area contributed by atoms with E-state index in [1.54, 1.807) is 0 Å². The van der Waals surface area contributed by atoms with E-state index < -0.39 is 20.0 Å². The summed E-state index contributed by atoms with van der Waals surface area (Å²) < 4.78 is 47.2. The van der Waals surface area contributed by atoms with E-state index in [-0.39, 0.29) is 22.9 Å². The molecule has 0 aromatic heterocycles. The smallest absolute Gasteiger partial charge is 0.242 e. The van der Waals surface area contributed by atoms with Crippen molar-refractivity contribution >= 4 is 20.0 Å². The Labute approximate surface area is 106 Å². The van der Waals surface area contributed by atoms with E-state index in [2.05, 4.69) is 0 Å². The first-order valence-corrected chi connectivity index (χ1v) is 7.88. The average Bonchev–Trinajstić information content (AvgIpc) is 2.28. The Bertz CT molecular complexity index is 624. The summed E-state index contributed by atoms with van der Waals surface area (Å²) >= 11 is 0. The second-order valence-corrected chi connectivity index (χ2v) is 7.18. The molecule has 0 atom stereocenters. The topological polar surface area (TPSA) is 118 Å². The molecule has 0 bridgehead atoms. The summed E-state index contributed by atoms with van der Waals surface area (Å²) in [5.74, 6) is 0. The van der Waals surface area contributed by atoms with Crippen molar-refractivity contribution in [3.05, 3.63) is 24.3 Å². The number of sulfonamides is 2. The first-order valence-electron chi connectivity index (χ1n) is 4.89. The first kappa shape index (κ1) is 15.1. The highest BCUT2D eigenvalue weighted by Crippen LogP contribution is 2.17. The molecule has 0 fully saturated rings. The van der Waals surface area contributed by atoms with Crippen LogP contribution >= 0.6 is 0 Å². The van der Waals surface area contributed by atoms with Gasteiger partial charge in [-0.3, -0.25) is 0 Å². The molecule has 1 rings (SSSR count). The predicted molar refractivity (Wildman–Crippen MR) is 64.7 cm³/mol. The molecular weight excluding hydrogens is 280 g/mol. The minimum atomic E-state index is -3.96. The van der Waals surface area contributed by atoms with Crippen molar-refractivity contribution in [2.24, 2.45) is 5.14 Å². The summed E-state index contributed by atoms with van der Waals surface area (Å²) in [6.45, 7) is -0.410. The molecule has 1 aromatic rings. The lowest BCUT2D eigenvalue weighted by Crippen LogP contribution is -2.29. The van der Waals surface area contributed by atoms with Crippen LogP contribution in [0.2, 0.25) is 0 Å². The summed E-state index contributed by atoms with van der Waals surface area (Å²) in [7, 11) is -6.50. The number of hydrogen-bond acceptors (Lipinski definition) is 5. The van der Waals surface area contributed by atoms with Crippen LogP contribution in [-0.2, 0) is 20.0 Å². The van der Waals surface area contributed by atoms with Crippen molar-refractivity contribution in [1.82, 2.24) is 4.31 Å². The molecule has 9 heteroatoms. The van der Waals surface area contributed by atoms with Crippen molar-refractivity contribution in [3.63, 3.8) is 0 Å². The van der Waals surface area contributed by atoms with Crippen LogP contribution in [0, 0.1) is 0 Å². The minimum Gasteiger partial charge on any atom is -0.395 e. The number of nitrogens with zero attached hydrogens (tertiary/aromatic N) is 1. The van der Waals surface area contributed by atoms with E-state index >= 15 is 0 Å². The third-order valence-electron chi connectivity index (χ3n) is 2.26. The van der Waals surface area contributed by atoms with Crippen molar-refractivity contribution in [2.75, 3.05) is 20.2 Å². The molecule has 102 valence electrons. The normalized spacial score (nSPS) is 12.9. The maximum atomic E-state index is 12.0. The van der Waals surface area contributed by atoms with Crippen molar-refractivity contribution < 1.29 is 21.9 Å². The van der Waals surface area contributed by atoms with Crippen molar-refractivity contribution in [2.45, 2.75) is 9.79 Å². The number of benzene rings is 1. The van der Waals surface area contributed by atoms with Gasteiger partial charge in [-0.2, -0.15) is 4.31 Å². The number of hydrogen-bond donors (Lipinski definition) is 2. The molecule has 1 aromatic carbocycles.